The molecule has 0 aliphatic rings. The zero-order chi connectivity index (χ0) is 13.0. The van der Waals surface area contributed by atoms with Gasteiger partial charge in [-0.1, -0.05) is 0 Å². The number of esters is 1. The molecule has 0 atom stereocenters. The van der Waals surface area contributed by atoms with Gasteiger partial charge in [-0.3, -0.25) is 14.3 Å². The predicted octanol–water partition coefficient (Wildman–Crippen LogP) is 0.364. The van der Waals surface area contributed by atoms with E-state index >= 15 is 0 Å². The third kappa shape index (κ3) is 3.30. The molecule has 1 rings (SSSR count). The van der Waals surface area contributed by atoms with Gasteiger partial charge >= 0.3 is 5.97 Å². The highest BCUT2D eigenvalue weighted by molar-refractivity contribution is 5.94. The molecule has 0 unspecified atom stereocenters. The van der Waals surface area contributed by atoms with Gasteiger partial charge in [-0.25, -0.2) is 0 Å². The topological polar surface area (TPSA) is 64.4 Å². The molecule has 17 heavy (non-hydrogen) atoms. The summed E-state index contributed by atoms with van der Waals surface area (Å²) < 4.78 is 6.28. The van der Waals surface area contributed by atoms with Gasteiger partial charge < -0.3 is 9.64 Å². The lowest BCUT2D eigenvalue weighted by molar-refractivity contribution is -0.143. The lowest BCUT2D eigenvalue weighted by Crippen LogP contribution is -2.34. The fourth-order valence-electron chi connectivity index (χ4n) is 1.48. The highest BCUT2D eigenvalue weighted by Crippen LogP contribution is 2.05. The van der Waals surface area contributed by atoms with E-state index in [4.69, 9.17) is 4.74 Å². The molecule has 0 radical (unpaired) electrons. The minimum atomic E-state index is -0.415. The number of hydrogen-bond donors (Lipinski definition) is 0. The van der Waals surface area contributed by atoms with Crippen molar-refractivity contribution < 1.29 is 14.3 Å². The molecule has 0 saturated heterocycles. The van der Waals surface area contributed by atoms with Crippen molar-refractivity contribution in [3.63, 3.8) is 0 Å². The van der Waals surface area contributed by atoms with Gasteiger partial charge in [0.15, 0.2) is 0 Å². The van der Waals surface area contributed by atoms with Crippen LogP contribution in [0.5, 0.6) is 0 Å². The normalized spacial score (nSPS) is 10.1. The van der Waals surface area contributed by atoms with E-state index in [1.54, 1.807) is 27.1 Å². The molecule has 0 aromatic carbocycles. The molecule has 1 aromatic rings. The van der Waals surface area contributed by atoms with Crippen LogP contribution >= 0.6 is 0 Å². The molecule has 0 spiro atoms. The van der Waals surface area contributed by atoms with Gasteiger partial charge in [-0.15, -0.1) is 0 Å². The van der Waals surface area contributed by atoms with E-state index in [2.05, 4.69) is 5.10 Å². The number of carbonyl (C=O) groups is 2. The number of likely N-dealkylation sites (N-methyl/N-ethyl adjacent to an activating group) is 1. The summed E-state index contributed by atoms with van der Waals surface area (Å²) in [6.45, 7) is 3.79. The zero-order valence-corrected chi connectivity index (χ0v) is 10.6. The molecule has 6 nitrogen and oxygen atoms in total. The number of nitrogens with zero attached hydrogens (tertiary/aromatic N) is 3. The Morgan fingerprint density at radius 1 is 1.53 bits per heavy atom. The largest absolute Gasteiger partial charge is 0.465 e. The third-order valence-electron chi connectivity index (χ3n) is 2.24. The molecule has 0 aliphatic carbocycles. The number of amides is 1. The summed E-state index contributed by atoms with van der Waals surface area (Å²) in [5, 5.41) is 4.08. The van der Waals surface area contributed by atoms with Crippen molar-refractivity contribution in [2.75, 3.05) is 20.2 Å². The number of carbonyl (C=O) groups excluding carboxylic acids is 2. The number of hydrogen-bond acceptors (Lipinski definition) is 4. The highest BCUT2D eigenvalue weighted by Gasteiger charge is 2.18. The van der Waals surface area contributed by atoms with Crippen LogP contribution in [-0.4, -0.2) is 46.8 Å². The van der Waals surface area contributed by atoms with Crippen molar-refractivity contribution in [1.29, 1.82) is 0 Å². The first kappa shape index (κ1) is 13.2. The van der Waals surface area contributed by atoms with Gasteiger partial charge in [-0.2, -0.15) is 5.10 Å². The van der Waals surface area contributed by atoms with Crippen LogP contribution in [0, 0.1) is 6.92 Å². The Labute approximate surface area is 100 Å². The second-order valence-corrected chi connectivity index (χ2v) is 3.76. The van der Waals surface area contributed by atoms with Crippen molar-refractivity contribution in [2.24, 2.45) is 7.05 Å². The summed E-state index contributed by atoms with van der Waals surface area (Å²) in [6, 6.07) is 1.68. The average molecular weight is 239 g/mol. The van der Waals surface area contributed by atoms with Crippen LogP contribution in [0.15, 0.2) is 6.07 Å². The lowest BCUT2D eigenvalue weighted by Gasteiger charge is -2.15. The van der Waals surface area contributed by atoms with Crippen LogP contribution in [0.1, 0.15) is 23.1 Å². The van der Waals surface area contributed by atoms with Crippen LogP contribution in [0.3, 0.4) is 0 Å². The van der Waals surface area contributed by atoms with Crippen molar-refractivity contribution in [1.82, 2.24) is 14.7 Å². The smallest absolute Gasteiger partial charge is 0.325 e. The first-order valence-corrected chi connectivity index (χ1v) is 5.37. The summed E-state index contributed by atoms with van der Waals surface area (Å²) in [4.78, 5) is 24.5. The Hall–Kier alpha value is -1.85. The molecule has 0 bridgehead atoms. The van der Waals surface area contributed by atoms with Crippen LogP contribution in [0.25, 0.3) is 0 Å². The van der Waals surface area contributed by atoms with E-state index in [9.17, 15) is 9.59 Å². The molecule has 0 aliphatic heterocycles. The van der Waals surface area contributed by atoms with Gasteiger partial charge in [-0.05, 0) is 19.9 Å². The Balaban J connectivity index is 2.70. The molecular weight excluding hydrogens is 222 g/mol. The van der Waals surface area contributed by atoms with Crippen molar-refractivity contribution in [3.05, 3.63) is 17.5 Å². The van der Waals surface area contributed by atoms with Crippen molar-refractivity contribution in [2.45, 2.75) is 13.8 Å². The lowest BCUT2D eigenvalue weighted by atomic mass is 10.3. The Bertz CT molecular complexity index is 426. The van der Waals surface area contributed by atoms with E-state index in [0.29, 0.717) is 12.3 Å². The first-order chi connectivity index (χ1) is 7.95. The monoisotopic (exact) mass is 239 g/mol. The second kappa shape index (κ2) is 5.47. The summed E-state index contributed by atoms with van der Waals surface area (Å²) in [5.41, 5.74) is 1.22. The van der Waals surface area contributed by atoms with Gasteiger partial charge in [0.1, 0.15) is 12.2 Å². The molecule has 6 heteroatoms. The molecule has 1 aromatic heterocycles. The standard InChI is InChI=1S/C11H17N3O3/c1-5-17-10(15)7-13(3)11(16)9-6-8(2)12-14(9)4/h6H,5,7H2,1-4H3. The Kier molecular flexibility index (Phi) is 4.25. The molecule has 0 N–H and O–H groups in total. The summed E-state index contributed by atoms with van der Waals surface area (Å²) in [5.74, 6) is -0.664. The number of rotatable bonds is 4. The fourth-order valence-corrected chi connectivity index (χ4v) is 1.48. The number of aromatic nitrogens is 2. The quantitative estimate of drug-likeness (QED) is 0.712. The summed E-state index contributed by atoms with van der Waals surface area (Å²) >= 11 is 0. The van der Waals surface area contributed by atoms with Gasteiger partial charge in [0.05, 0.1) is 12.3 Å². The molecule has 94 valence electrons. The molecule has 0 saturated carbocycles. The van der Waals surface area contributed by atoms with Gasteiger partial charge in [0.2, 0.25) is 0 Å². The Morgan fingerprint density at radius 2 is 2.18 bits per heavy atom. The molecule has 1 heterocycles. The van der Waals surface area contributed by atoms with E-state index in [0.717, 1.165) is 5.69 Å². The number of aryl methyl sites for hydroxylation is 2. The highest BCUT2D eigenvalue weighted by atomic mass is 16.5. The van der Waals surface area contributed by atoms with E-state index in [1.165, 1.54) is 9.58 Å². The van der Waals surface area contributed by atoms with E-state index < -0.39 is 5.97 Å². The maximum absolute atomic E-state index is 12.0. The van der Waals surface area contributed by atoms with Crippen LogP contribution < -0.4 is 0 Å². The van der Waals surface area contributed by atoms with Crippen LogP contribution in [0.2, 0.25) is 0 Å². The number of ether oxygens (including phenoxy) is 1. The van der Waals surface area contributed by atoms with Crippen molar-refractivity contribution in [3.8, 4) is 0 Å². The maximum Gasteiger partial charge on any atom is 0.325 e. The third-order valence-corrected chi connectivity index (χ3v) is 2.24. The summed E-state index contributed by atoms with van der Waals surface area (Å²) in [7, 11) is 3.25. The maximum atomic E-state index is 12.0. The second-order valence-electron chi connectivity index (χ2n) is 3.76. The SMILES string of the molecule is CCOC(=O)CN(C)C(=O)c1cc(C)nn1C. The van der Waals surface area contributed by atoms with Gasteiger partial charge in [0, 0.05) is 14.1 Å². The van der Waals surface area contributed by atoms with E-state index in [-0.39, 0.29) is 12.5 Å². The predicted molar refractivity (Wildman–Crippen MR) is 61.5 cm³/mol. The van der Waals surface area contributed by atoms with Crippen molar-refractivity contribution >= 4 is 11.9 Å². The first-order valence-electron chi connectivity index (χ1n) is 5.37. The minimum Gasteiger partial charge on any atom is -0.465 e. The molecular formula is C11H17N3O3. The van der Waals surface area contributed by atoms with Crippen LogP contribution in [-0.2, 0) is 16.6 Å². The molecule has 0 fully saturated rings. The Morgan fingerprint density at radius 3 is 2.65 bits per heavy atom. The molecule has 1 amide bonds. The van der Waals surface area contributed by atoms with E-state index in [1.807, 2.05) is 6.92 Å². The van der Waals surface area contributed by atoms with Gasteiger partial charge in [0.25, 0.3) is 5.91 Å². The fraction of sp³-hybridized carbons (Fsp3) is 0.545. The van der Waals surface area contributed by atoms with Crippen LogP contribution in [0.4, 0.5) is 0 Å². The summed E-state index contributed by atoms with van der Waals surface area (Å²) in [6.07, 6.45) is 0. The average Bonchev–Trinajstić information content (AvgIpc) is 2.56. The minimum absolute atomic E-state index is 0.0586. The zero-order valence-electron chi connectivity index (χ0n) is 10.6.